The molecule has 0 unspecified atom stereocenters. The van der Waals surface area contributed by atoms with Crippen molar-refractivity contribution in [2.24, 2.45) is 11.5 Å². The zero-order valence-electron chi connectivity index (χ0n) is 14.6. The number of nitrogen functional groups attached to an aromatic ring is 1. The van der Waals surface area contributed by atoms with Crippen LogP contribution in [0.15, 0.2) is 42.8 Å². The van der Waals surface area contributed by atoms with E-state index in [1.165, 1.54) is 12.1 Å². The molecule has 9 N–H and O–H groups in total. The first-order chi connectivity index (χ1) is 13.8. The number of carboxylic acids is 1. The highest BCUT2D eigenvalue weighted by molar-refractivity contribution is 9.11. The van der Waals surface area contributed by atoms with Gasteiger partial charge >= 0.3 is 17.7 Å². The highest BCUT2D eigenvalue weighted by atomic mass is 79.9. The van der Waals surface area contributed by atoms with Crippen LogP contribution in [0, 0.1) is 0 Å². The number of amides is 2. The number of rotatable bonds is 1. The summed E-state index contributed by atoms with van der Waals surface area (Å²) in [6.07, 6.45) is 0. The summed E-state index contributed by atoms with van der Waals surface area (Å²) in [5.74, 6) is -1.09. The zero-order chi connectivity index (χ0) is 23.2. The number of nitrogens with one attached hydrogen (secondary N) is 2. The van der Waals surface area contributed by atoms with Crippen LogP contribution in [0.25, 0.3) is 10.9 Å². The normalized spacial score (nSPS) is 9.73. The van der Waals surface area contributed by atoms with E-state index in [1.807, 2.05) is 0 Å². The van der Waals surface area contributed by atoms with Gasteiger partial charge in [0.15, 0.2) is 0 Å². The van der Waals surface area contributed by atoms with E-state index >= 15 is 0 Å². The van der Waals surface area contributed by atoms with E-state index in [4.69, 9.17) is 38.8 Å². The molecule has 14 heteroatoms. The summed E-state index contributed by atoms with van der Waals surface area (Å²) in [6.45, 7) is 0. The van der Waals surface area contributed by atoms with Gasteiger partial charge in [-0.05, 0) is 56.1 Å². The summed E-state index contributed by atoms with van der Waals surface area (Å²) >= 11 is 17.7. The molecular formula is C16H13Br2Cl2N5O5. The number of aromatic carboxylic acids is 1. The molecule has 10 nitrogen and oxygen atoms in total. The van der Waals surface area contributed by atoms with Gasteiger partial charge in [-0.25, -0.2) is 14.4 Å². The molecule has 0 spiro atoms. The van der Waals surface area contributed by atoms with Crippen molar-refractivity contribution in [3.8, 4) is 0 Å². The molecule has 0 saturated heterocycles. The number of aromatic nitrogens is 2. The van der Waals surface area contributed by atoms with Crippen molar-refractivity contribution in [3.05, 3.63) is 69.7 Å². The van der Waals surface area contributed by atoms with Crippen molar-refractivity contribution >= 4 is 83.7 Å². The van der Waals surface area contributed by atoms with E-state index in [9.17, 15) is 14.4 Å². The maximum absolute atomic E-state index is 11.3. The first-order valence-corrected chi connectivity index (χ1v) is 9.81. The first kappa shape index (κ1) is 25.5. The summed E-state index contributed by atoms with van der Waals surface area (Å²) in [7, 11) is 0. The standard InChI is InChI=1S/C8H4BrClN2O2.C7H5BrClNO2.CH4N2O/c9-5-2-3(10)1-4-6(5)11-8(14)12-7(4)13;8-5-2-3(9)1-4(6(5)10)7(11)12;2-1(3)4/h1-2H,(H2,11,12,13,14);1-2H,10H2,(H,11,12);(H4,2,3,4). The van der Waals surface area contributed by atoms with Gasteiger partial charge in [0.2, 0.25) is 0 Å². The Morgan fingerprint density at radius 3 is 1.97 bits per heavy atom. The molecule has 0 fully saturated rings. The number of H-pyrrole nitrogens is 2. The fourth-order valence-corrected chi connectivity index (χ4v) is 3.68. The van der Waals surface area contributed by atoms with Crippen molar-refractivity contribution in [2.45, 2.75) is 0 Å². The Morgan fingerprint density at radius 2 is 1.43 bits per heavy atom. The Hall–Kier alpha value is -2.54. The third-order valence-corrected chi connectivity index (χ3v) is 4.81. The Kier molecular flexibility index (Phi) is 9.36. The summed E-state index contributed by atoms with van der Waals surface area (Å²) in [6, 6.07) is 5.13. The summed E-state index contributed by atoms with van der Waals surface area (Å²) in [4.78, 5) is 46.5. The number of halogens is 4. The minimum absolute atomic E-state index is 0.00868. The molecule has 0 aliphatic heterocycles. The molecule has 0 bridgehead atoms. The molecular weight excluding hydrogens is 573 g/mol. The van der Waals surface area contributed by atoms with E-state index in [0.717, 1.165) is 0 Å². The second kappa shape index (κ2) is 11.0. The number of carbonyl (C=O) groups excluding carboxylic acids is 1. The van der Waals surface area contributed by atoms with Gasteiger partial charge in [0, 0.05) is 19.0 Å². The maximum Gasteiger partial charge on any atom is 0.337 e. The van der Waals surface area contributed by atoms with Gasteiger partial charge in [-0.2, -0.15) is 0 Å². The van der Waals surface area contributed by atoms with Crippen LogP contribution in [0.5, 0.6) is 0 Å². The minimum Gasteiger partial charge on any atom is -0.478 e. The SMILES string of the molecule is NC(N)=O.Nc1c(Br)cc(Cl)cc1C(=O)O.O=c1[nH]c(=O)c2cc(Cl)cc(Br)c2[nH]1. The fourth-order valence-electron chi connectivity index (χ4n) is 1.96. The van der Waals surface area contributed by atoms with Gasteiger partial charge in [-0.1, -0.05) is 23.2 Å². The van der Waals surface area contributed by atoms with Crippen molar-refractivity contribution < 1.29 is 14.7 Å². The van der Waals surface area contributed by atoms with Crippen LogP contribution in [0.3, 0.4) is 0 Å². The third-order valence-electron chi connectivity index (χ3n) is 3.09. The second-order valence-corrected chi connectivity index (χ2v) is 7.86. The third kappa shape index (κ3) is 7.37. The van der Waals surface area contributed by atoms with Crippen LogP contribution in [0.2, 0.25) is 10.0 Å². The Bertz CT molecular complexity index is 1230. The molecule has 3 aromatic rings. The largest absolute Gasteiger partial charge is 0.478 e. The molecule has 0 radical (unpaired) electrons. The van der Waals surface area contributed by atoms with Gasteiger partial charge in [-0.15, -0.1) is 0 Å². The molecule has 1 aromatic heterocycles. The number of benzene rings is 2. The fraction of sp³-hybridized carbons (Fsp3) is 0. The quantitative estimate of drug-likeness (QED) is 0.237. The second-order valence-electron chi connectivity index (χ2n) is 5.27. The first-order valence-electron chi connectivity index (χ1n) is 7.47. The summed E-state index contributed by atoms with van der Waals surface area (Å²) in [5.41, 5.74) is 13.6. The highest BCUT2D eigenvalue weighted by Crippen LogP contribution is 2.27. The van der Waals surface area contributed by atoms with Crippen molar-refractivity contribution in [1.82, 2.24) is 9.97 Å². The van der Waals surface area contributed by atoms with Crippen LogP contribution < -0.4 is 28.5 Å². The van der Waals surface area contributed by atoms with Gasteiger partial charge in [-0.3, -0.25) is 9.78 Å². The minimum atomic E-state index is -1.09. The summed E-state index contributed by atoms with van der Waals surface area (Å²) < 4.78 is 1.08. The average molecular weight is 586 g/mol. The van der Waals surface area contributed by atoms with Crippen LogP contribution in [-0.2, 0) is 0 Å². The molecule has 160 valence electrons. The van der Waals surface area contributed by atoms with E-state index in [0.29, 0.717) is 29.9 Å². The lowest BCUT2D eigenvalue weighted by molar-refractivity contribution is 0.0698. The van der Waals surface area contributed by atoms with E-state index in [-0.39, 0.29) is 11.3 Å². The number of anilines is 1. The molecule has 2 aromatic carbocycles. The topological polar surface area (TPSA) is 198 Å². The Balaban J connectivity index is 0.000000258. The molecule has 0 saturated carbocycles. The lowest BCUT2D eigenvalue weighted by Gasteiger charge is -2.03. The molecule has 0 atom stereocenters. The van der Waals surface area contributed by atoms with Gasteiger partial charge in [0.1, 0.15) is 0 Å². The summed E-state index contributed by atoms with van der Waals surface area (Å²) in [5, 5.41) is 9.78. The predicted molar refractivity (Wildman–Crippen MR) is 122 cm³/mol. The van der Waals surface area contributed by atoms with Gasteiger partial charge in [0.05, 0.1) is 22.2 Å². The van der Waals surface area contributed by atoms with Crippen LogP contribution in [-0.4, -0.2) is 27.1 Å². The monoisotopic (exact) mass is 583 g/mol. The number of urea groups is 1. The molecule has 0 aliphatic rings. The zero-order valence-corrected chi connectivity index (χ0v) is 19.3. The number of carbonyl (C=O) groups is 2. The number of nitrogens with two attached hydrogens (primary N) is 3. The Morgan fingerprint density at radius 1 is 0.933 bits per heavy atom. The molecule has 2 amide bonds. The van der Waals surface area contributed by atoms with Crippen molar-refractivity contribution in [1.29, 1.82) is 0 Å². The van der Waals surface area contributed by atoms with Crippen LogP contribution in [0.4, 0.5) is 10.5 Å². The van der Waals surface area contributed by atoms with Crippen molar-refractivity contribution in [3.63, 3.8) is 0 Å². The number of fused-ring (bicyclic) bond motifs is 1. The number of hydrogen-bond acceptors (Lipinski definition) is 5. The van der Waals surface area contributed by atoms with Crippen LogP contribution in [0.1, 0.15) is 10.4 Å². The van der Waals surface area contributed by atoms with Crippen molar-refractivity contribution in [2.75, 3.05) is 5.73 Å². The number of aromatic amines is 2. The highest BCUT2D eigenvalue weighted by Gasteiger charge is 2.11. The van der Waals surface area contributed by atoms with Crippen LogP contribution >= 0.6 is 55.1 Å². The van der Waals surface area contributed by atoms with E-state index in [1.54, 1.807) is 12.1 Å². The van der Waals surface area contributed by atoms with E-state index < -0.39 is 23.2 Å². The lowest BCUT2D eigenvalue weighted by atomic mass is 10.2. The molecule has 0 aliphatic carbocycles. The average Bonchev–Trinajstić information content (AvgIpc) is 2.59. The predicted octanol–water partition coefficient (Wildman–Crippen LogP) is 3.04. The number of primary amides is 2. The van der Waals surface area contributed by atoms with E-state index in [2.05, 4.69) is 53.3 Å². The smallest absolute Gasteiger partial charge is 0.337 e. The number of hydrogen-bond donors (Lipinski definition) is 6. The van der Waals surface area contributed by atoms with Gasteiger partial charge < -0.3 is 27.3 Å². The number of carboxylic acid groups (broad SMARTS) is 1. The molecule has 1 heterocycles. The maximum atomic E-state index is 11.3. The molecule has 30 heavy (non-hydrogen) atoms. The lowest BCUT2D eigenvalue weighted by Crippen LogP contribution is -2.21. The molecule has 3 rings (SSSR count). The Labute approximate surface area is 194 Å². The van der Waals surface area contributed by atoms with Gasteiger partial charge in [0.25, 0.3) is 5.56 Å².